The van der Waals surface area contributed by atoms with Gasteiger partial charge in [-0.25, -0.2) is 0 Å². The second-order valence-electron chi connectivity index (χ2n) is 6.63. The lowest BCUT2D eigenvalue weighted by Gasteiger charge is -2.32. The van der Waals surface area contributed by atoms with E-state index >= 15 is 0 Å². The van der Waals surface area contributed by atoms with E-state index < -0.39 is 0 Å². The minimum absolute atomic E-state index is 0.0521. The standard InChI is InChI=1S/C20H20N4O/c25-20(18-7-8-22-23-13-18)24-9-3-4-15(14-24)10-16-11-17-5-1-2-6-19(17)21-12-16/h1-2,5-8,11-13,15H,3-4,9-10,14H2. The predicted octanol–water partition coefficient (Wildman–Crippen LogP) is 3.12. The second kappa shape index (κ2) is 6.97. The number of aromatic nitrogens is 3. The molecular formula is C20H20N4O. The first kappa shape index (κ1) is 15.7. The Labute approximate surface area is 146 Å². The summed E-state index contributed by atoms with van der Waals surface area (Å²) in [5.41, 5.74) is 2.88. The Morgan fingerprint density at radius 2 is 2.08 bits per heavy atom. The van der Waals surface area contributed by atoms with E-state index in [2.05, 4.69) is 27.3 Å². The maximum Gasteiger partial charge on any atom is 0.255 e. The highest BCUT2D eigenvalue weighted by atomic mass is 16.2. The van der Waals surface area contributed by atoms with Gasteiger partial charge in [-0.15, -0.1) is 0 Å². The minimum Gasteiger partial charge on any atom is -0.338 e. The molecule has 2 aromatic heterocycles. The summed E-state index contributed by atoms with van der Waals surface area (Å²) >= 11 is 0. The number of hydrogen-bond donors (Lipinski definition) is 0. The third-order valence-corrected chi connectivity index (χ3v) is 4.81. The van der Waals surface area contributed by atoms with Crippen LogP contribution in [-0.4, -0.2) is 39.1 Å². The van der Waals surface area contributed by atoms with E-state index in [1.54, 1.807) is 18.5 Å². The average molecular weight is 332 g/mol. The molecule has 1 unspecified atom stereocenters. The molecule has 1 saturated heterocycles. The molecular weight excluding hydrogens is 312 g/mol. The lowest BCUT2D eigenvalue weighted by molar-refractivity contribution is 0.0672. The fourth-order valence-corrected chi connectivity index (χ4v) is 3.58. The molecule has 0 radical (unpaired) electrons. The predicted molar refractivity (Wildman–Crippen MR) is 96.1 cm³/mol. The number of fused-ring (bicyclic) bond motifs is 1. The highest BCUT2D eigenvalue weighted by Gasteiger charge is 2.24. The second-order valence-corrected chi connectivity index (χ2v) is 6.63. The van der Waals surface area contributed by atoms with Gasteiger partial charge in [0.1, 0.15) is 0 Å². The summed E-state index contributed by atoms with van der Waals surface area (Å²) in [5.74, 6) is 0.520. The highest BCUT2D eigenvalue weighted by molar-refractivity contribution is 5.93. The molecule has 1 aliphatic heterocycles. The van der Waals surface area contributed by atoms with Gasteiger partial charge < -0.3 is 4.90 Å². The summed E-state index contributed by atoms with van der Waals surface area (Å²) in [6, 6.07) is 12.1. The Hall–Kier alpha value is -2.82. The van der Waals surface area contributed by atoms with Gasteiger partial charge in [-0.1, -0.05) is 18.2 Å². The number of carbonyl (C=O) groups is 1. The molecule has 5 heteroatoms. The molecule has 3 aromatic rings. The van der Waals surface area contributed by atoms with Crippen molar-refractivity contribution in [2.45, 2.75) is 19.3 Å². The van der Waals surface area contributed by atoms with Crippen LogP contribution in [0.2, 0.25) is 0 Å². The molecule has 0 aliphatic carbocycles. The van der Waals surface area contributed by atoms with E-state index in [1.807, 2.05) is 29.3 Å². The maximum atomic E-state index is 12.6. The van der Waals surface area contributed by atoms with Crippen molar-refractivity contribution in [2.75, 3.05) is 13.1 Å². The van der Waals surface area contributed by atoms with Crippen LogP contribution in [0.3, 0.4) is 0 Å². The van der Waals surface area contributed by atoms with Gasteiger partial charge in [-0.05, 0) is 48.9 Å². The average Bonchev–Trinajstić information content (AvgIpc) is 2.68. The lowest BCUT2D eigenvalue weighted by Crippen LogP contribution is -2.40. The third kappa shape index (κ3) is 3.50. The molecule has 1 fully saturated rings. The van der Waals surface area contributed by atoms with Crippen LogP contribution in [-0.2, 0) is 6.42 Å². The van der Waals surface area contributed by atoms with E-state index in [4.69, 9.17) is 0 Å². The molecule has 0 saturated carbocycles. The summed E-state index contributed by atoms with van der Waals surface area (Å²) in [5, 5.41) is 8.72. The summed E-state index contributed by atoms with van der Waals surface area (Å²) in [7, 11) is 0. The summed E-state index contributed by atoms with van der Waals surface area (Å²) in [6.45, 7) is 1.60. The number of pyridine rings is 1. The normalized spacial score (nSPS) is 17.6. The van der Waals surface area contributed by atoms with Crippen molar-refractivity contribution in [3.8, 4) is 0 Å². The molecule has 0 bridgehead atoms. The molecule has 126 valence electrons. The van der Waals surface area contributed by atoms with E-state index in [9.17, 15) is 4.79 Å². The van der Waals surface area contributed by atoms with Crippen LogP contribution >= 0.6 is 0 Å². The number of piperidine rings is 1. The Morgan fingerprint density at radius 3 is 2.96 bits per heavy atom. The summed E-state index contributed by atoms with van der Waals surface area (Å²) < 4.78 is 0. The van der Waals surface area contributed by atoms with Crippen LogP contribution in [0.15, 0.2) is 55.0 Å². The van der Waals surface area contributed by atoms with E-state index in [1.165, 1.54) is 10.9 Å². The first-order chi connectivity index (χ1) is 12.3. The van der Waals surface area contributed by atoms with Gasteiger partial charge >= 0.3 is 0 Å². The number of rotatable bonds is 3. The Bertz CT molecular complexity index is 881. The fraction of sp³-hybridized carbons (Fsp3) is 0.300. The molecule has 1 aliphatic rings. The van der Waals surface area contributed by atoms with Gasteiger partial charge in [0.15, 0.2) is 0 Å². The zero-order valence-electron chi connectivity index (χ0n) is 14.0. The molecule has 4 rings (SSSR count). The zero-order chi connectivity index (χ0) is 17.1. The summed E-state index contributed by atoms with van der Waals surface area (Å²) in [4.78, 5) is 19.1. The first-order valence-corrected chi connectivity index (χ1v) is 8.69. The maximum absolute atomic E-state index is 12.6. The molecule has 1 aromatic carbocycles. The number of benzene rings is 1. The minimum atomic E-state index is 0.0521. The van der Waals surface area contributed by atoms with E-state index in [0.29, 0.717) is 11.5 Å². The van der Waals surface area contributed by atoms with Crippen LogP contribution < -0.4 is 0 Å². The molecule has 3 heterocycles. The Balaban J connectivity index is 1.46. The lowest BCUT2D eigenvalue weighted by atomic mass is 9.91. The first-order valence-electron chi connectivity index (χ1n) is 8.69. The zero-order valence-corrected chi connectivity index (χ0v) is 14.0. The van der Waals surface area contributed by atoms with Crippen LogP contribution in [0.5, 0.6) is 0 Å². The van der Waals surface area contributed by atoms with Crippen molar-refractivity contribution >= 4 is 16.8 Å². The fourth-order valence-electron chi connectivity index (χ4n) is 3.58. The number of hydrogen-bond acceptors (Lipinski definition) is 4. The molecule has 0 N–H and O–H groups in total. The number of amides is 1. The van der Waals surface area contributed by atoms with Crippen LogP contribution in [0, 0.1) is 5.92 Å². The van der Waals surface area contributed by atoms with Crippen molar-refractivity contribution in [3.05, 3.63) is 66.1 Å². The molecule has 25 heavy (non-hydrogen) atoms. The van der Waals surface area contributed by atoms with Crippen molar-refractivity contribution in [3.63, 3.8) is 0 Å². The monoisotopic (exact) mass is 332 g/mol. The number of likely N-dealkylation sites (tertiary alicyclic amines) is 1. The van der Waals surface area contributed by atoms with Crippen molar-refractivity contribution in [2.24, 2.45) is 5.92 Å². The summed E-state index contributed by atoms with van der Waals surface area (Å²) in [6.07, 6.45) is 8.21. The molecule has 1 atom stereocenters. The Kier molecular flexibility index (Phi) is 4.37. The van der Waals surface area contributed by atoms with Gasteiger partial charge in [0.25, 0.3) is 5.91 Å². The van der Waals surface area contributed by atoms with Crippen molar-refractivity contribution in [1.29, 1.82) is 0 Å². The molecule has 1 amide bonds. The Morgan fingerprint density at radius 1 is 1.16 bits per heavy atom. The highest BCUT2D eigenvalue weighted by Crippen LogP contribution is 2.23. The third-order valence-electron chi connectivity index (χ3n) is 4.81. The number of nitrogens with zero attached hydrogens (tertiary/aromatic N) is 4. The van der Waals surface area contributed by atoms with E-state index in [-0.39, 0.29) is 5.91 Å². The van der Waals surface area contributed by atoms with Crippen molar-refractivity contribution in [1.82, 2.24) is 20.1 Å². The molecule has 0 spiro atoms. The molecule has 5 nitrogen and oxygen atoms in total. The van der Waals surface area contributed by atoms with Gasteiger partial charge in [-0.3, -0.25) is 9.78 Å². The smallest absolute Gasteiger partial charge is 0.255 e. The van der Waals surface area contributed by atoms with Gasteiger partial charge in [0.2, 0.25) is 0 Å². The van der Waals surface area contributed by atoms with Crippen LogP contribution in [0.4, 0.5) is 0 Å². The quantitative estimate of drug-likeness (QED) is 0.739. The van der Waals surface area contributed by atoms with Gasteiger partial charge in [0, 0.05) is 24.7 Å². The largest absolute Gasteiger partial charge is 0.338 e. The van der Waals surface area contributed by atoms with Crippen LogP contribution in [0.25, 0.3) is 10.9 Å². The topological polar surface area (TPSA) is 59.0 Å². The SMILES string of the molecule is O=C(c1ccnnc1)N1CCCC(Cc2cnc3ccccc3c2)C1. The number of para-hydroxylation sites is 1. The number of carbonyl (C=O) groups excluding carboxylic acids is 1. The van der Waals surface area contributed by atoms with Crippen LogP contribution in [0.1, 0.15) is 28.8 Å². The van der Waals surface area contributed by atoms with Crippen molar-refractivity contribution < 1.29 is 4.79 Å². The van der Waals surface area contributed by atoms with Gasteiger partial charge in [-0.2, -0.15) is 10.2 Å². The van der Waals surface area contributed by atoms with Gasteiger partial charge in [0.05, 0.1) is 23.5 Å². The van der Waals surface area contributed by atoms with E-state index in [0.717, 1.165) is 37.9 Å².